The van der Waals surface area contributed by atoms with E-state index in [1.165, 1.54) is 6.08 Å². The average Bonchev–Trinajstić information content (AvgIpc) is 2.68. The Balaban J connectivity index is 3.02. The van der Waals surface area contributed by atoms with Gasteiger partial charge in [0.1, 0.15) is 0 Å². The lowest BCUT2D eigenvalue weighted by molar-refractivity contribution is -0.187. The van der Waals surface area contributed by atoms with E-state index in [1.54, 1.807) is 0 Å². The van der Waals surface area contributed by atoms with Gasteiger partial charge in [0.05, 0.1) is 12.6 Å². The Kier molecular flexibility index (Phi) is 10.5. The first-order valence-corrected chi connectivity index (χ1v) is 13.2. The second-order valence-electron chi connectivity index (χ2n) is 8.99. The molecule has 0 bridgehead atoms. The maximum Gasteiger partial charge on any atom is 0.471 e. The third-order valence-electron chi connectivity index (χ3n) is 6.14. The van der Waals surface area contributed by atoms with E-state index in [-0.39, 0.29) is 13.2 Å². The Bertz CT molecular complexity index is 668. The summed E-state index contributed by atoms with van der Waals surface area (Å²) in [4.78, 5) is 13.1. The fourth-order valence-electron chi connectivity index (χ4n) is 4.76. The largest absolute Gasteiger partial charge is 0.471 e. The van der Waals surface area contributed by atoms with E-state index in [2.05, 4.69) is 48.1 Å². The van der Waals surface area contributed by atoms with E-state index in [0.29, 0.717) is 29.5 Å². The smallest absolute Gasteiger partial charge is 0.414 e. The van der Waals surface area contributed by atoms with Gasteiger partial charge >= 0.3 is 12.1 Å². The Morgan fingerprint density at radius 3 is 2.00 bits per heavy atom. The summed E-state index contributed by atoms with van der Waals surface area (Å²) < 4.78 is 46.5. The van der Waals surface area contributed by atoms with E-state index >= 15 is 0 Å². The number of rotatable bonds is 12. The lowest BCUT2D eigenvalue weighted by Gasteiger charge is -2.43. The molecule has 0 aliphatic heterocycles. The molecule has 0 fully saturated rings. The van der Waals surface area contributed by atoms with Crippen LogP contribution in [-0.2, 0) is 15.6 Å². The number of aryl methyl sites for hydroxylation is 1. The van der Waals surface area contributed by atoms with Gasteiger partial charge in [-0.3, -0.25) is 4.79 Å². The topological polar surface area (TPSA) is 29.5 Å². The van der Waals surface area contributed by atoms with Crippen molar-refractivity contribution in [2.24, 2.45) is 0 Å². The summed E-state index contributed by atoms with van der Waals surface area (Å²) in [5.41, 5.74) is 1.95. The second-order valence-corrected chi connectivity index (χ2v) is 14.4. The van der Waals surface area contributed by atoms with Gasteiger partial charge in [-0.1, -0.05) is 78.0 Å². The molecule has 1 aromatic rings. The van der Waals surface area contributed by atoms with Gasteiger partial charge in [0.15, 0.2) is 8.32 Å². The number of amides is 1. The van der Waals surface area contributed by atoms with Crippen LogP contribution < -0.4 is 0 Å². The lowest BCUT2D eigenvalue weighted by atomic mass is 10.0. The van der Waals surface area contributed by atoms with Crippen molar-refractivity contribution in [1.82, 2.24) is 4.90 Å². The molecule has 176 valence electrons. The highest BCUT2D eigenvalue weighted by atomic mass is 28.4. The number of hydrogen-bond acceptors (Lipinski definition) is 2. The zero-order valence-corrected chi connectivity index (χ0v) is 20.7. The summed E-state index contributed by atoms with van der Waals surface area (Å²) in [6, 6.07) is 8.79. The Hall–Kier alpha value is -1.60. The third kappa shape index (κ3) is 7.21. The number of carbonyl (C=O) groups excluding carboxylic acids is 1. The number of nitrogens with zero attached hydrogens (tertiary/aromatic N) is 1. The summed E-state index contributed by atoms with van der Waals surface area (Å²) in [5.74, 6) is -1.83. The summed E-state index contributed by atoms with van der Waals surface area (Å²) in [6.45, 7) is 16.4. The molecule has 1 amide bonds. The van der Waals surface area contributed by atoms with Crippen LogP contribution >= 0.6 is 0 Å². The average molecular weight is 458 g/mol. The predicted molar refractivity (Wildman–Crippen MR) is 124 cm³/mol. The van der Waals surface area contributed by atoms with Crippen molar-refractivity contribution in [2.45, 2.75) is 83.2 Å². The van der Waals surface area contributed by atoms with E-state index in [0.717, 1.165) is 10.5 Å². The van der Waals surface area contributed by atoms with E-state index in [4.69, 9.17) is 4.43 Å². The first-order chi connectivity index (χ1) is 14.4. The molecule has 0 heterocycles. The molecule has 0 saturated heterocycles. The van der Waals surface area contributed by atoms with Gasteiger partial charge in [-0.2, -0.15) is 13.2 Å². The predicted octanol–water partition coefficient (Wildman–Crippen LogP) is 6.76. The van der Waals surface area contributed by atoms with Crippen LogP contribution in [0.5, 0.6) is 0 Å². The molecule has 7 heteroatoms. The Morgan fingerprint density at radius 2 is 1.58 bits per heavy atom. The molecular weight excluding hydrogens is 419 g/mol. The standard InChI is InChI=1S/C24H38F3NO2Si/c1-8-22(15-14-21-12-10-9-11-13-21)28(23(29)24(25,26)27)16-17-30-31(18(2)3,19(4)5)20(6)7/h8-13,18-20,22H,1,14-17H2,2-7H3/t22-/m0/s1. The van der Waals surface area contributed by atoms with Crippen LogP contribution in [-0.4, -0.2) is 44.5 Å². The van der Waals surface area contributed by atoms with Crippen molar-refractivity contribution in [2.75, 3.05) is 13.2 Å². The SMILES string of the molecule is C=C[C@@H](CCc1ccccc1)N(CCO[Si](C(C)C)(C(C)C)C(C)C)C(=O)C(F)(F)F. The maximum atomic E-state index is 13.3. The molecule has 0 spiro atoms. The summed E-state index contributed by atoms with van der Waals surface area (Å²) >= 11 is 0. The molecule has 0 saturated carbocycles. The zero-order chi connectivity index (χ0) is 23.8. The molecule has 0 N–H and O–H groups in total. The fourth-order valence-corrected chi connectivity index (χ4v) is 10.2. The molecule has 31 heavy (non-hydrogen) atoms. The van der Waals surface area contributed by atoms with Gasteiger partial charge in [0.25, 0.3) is 0 Å². The van der Waals surface area contributed by atoms with Crippen LogP contribution in [0.25, 0.3) is 0 Å². The first-order valence-electron chi connectivity index (χ1n) is 11.1. The van der Waals surface area contributed by atoms with Crippen molar-refractivity contribution < 1.29 is 22.4 Å². The monoisotopic (exact) mass is 457 g/mol. The van der Waals surface area contributed by atoms with E-state index in [1.807, 2.05) is 30.3 Å². The highest BCUT2D eigenvalue weighted by Crippen LogP contribution is 2.42. The minimum Gasteiger partial charge on any atom is -0.414 e. The quantitative estimate of drug-likeness (QED) is 0.256. The van der Waals surface area contributed by atoms with Crippen LogP contribution in [0.1, 0.15) is 53.5 Å². The fraction of sp³-hybridized carbons (Fsp3) is 0.625. The van der Waals surface area contributed by atoms with Crippen LogP contribution in [0, 0.1) is 0 Å². The Morgan fingerprint density at radius 1 is 1.06 bits per heavy atom. The molecule has 0 aliphatic carbocycles. The molecule has 1 aromatic carbocycles. The number of benzene rings is 1. The molecule has 0 aromatic heterocycles. The summed E-state index contributed by atoms with van der Waals surface area (Å²) in [7, 11) is -2.24. The minimum absolute atomic E-state index is 0.0955. The van der Waals surface area contributed by atoms with E-state index < -0.39 is 26.4 Å². The van der Waals surface area contributed by atoms with Crippen LogP contribution in [0.15, 0.2) is 43.0 Å². The lowest BCUT2D eigenvalue weighted by Crippen LogP contribution is -2.51. The number of alkyl halides is 3. The van der Waals surface area contributed by atoms with Crippen molar-refractivity contribution in [3.05, 3.63) is 48.6 Å². The van der Waals surface area contributed by atoms with Gasteiger partial charge in [0, 0.05) is 6.54 Å². The van der Waals surface area contributed by atoms with Crippen LogP contribution in [0.3, 0.4) is 0 Å². The Labute approximate surface area is 186 Å². The van der Waals surface area contributed by atoms with Crippen molar-refractivity contribution in [1.29, 1.82) is 0 Å². The summed E-state index contributed by atoms with van der Waals surface area (Å²) in [6.07, 6.45) is -2.57. The van der Waals surface area contributed by atoms with Crippen molar-refractivity contribution in [3.8, 4) is 0 Å². The molecular formula is C24H38F3NO2Si. The second kappa shape index (κ2) is 11.9. The number of hydrogen-bond donors (Lipinski definition) is 0. The molecule has 0 unspecified atom stereocenters. The normalized spacial score (nSPS) is 13.7. The summed E-state index contributed by atoms with van der Waals surface area (Å²) in [5, 5.41) is 0. The van der Waals surface area contributed by atoms with Crippen LogP contribution in [0.4, 0.5) is 13.2 Å². The van der Waals surface area contributed by atoms with Gasteiger partial charge in [-0.15, -0.1) is 6.58 Å². The van der Waals surface area contributed by atoms with E-state index in [9.17, 15) is 18.0 Å². The van der Waals surface area contributed by atoms with Crippen molar-refractivity contribution >= 4 is 14.2 Å². The van der Waals surface area contributed by atoms with Crippen LogP contribution in [0.2, 0.25) is 16.6 Å². The number of halogens is 3. The minimum atomic E-state index is -4.93. The van der Waals surface area contributed by atoms with Crippen molar-refractivity contribution in [3.63, 3.8) is 0 Å². The molecule has 1 rings (SSSR count). The molecule has 1 atom stereocenters. The zero-order valence-electron chi connectivity index (χ0n) is 19.7. The molecule has 0 radical (unpaired) electrons. The van der Waals surface area contributed by atoms with Gasteiger partial charge in [-0.25, -0.2) is 0 Å². The maximum absolute atomic E-state index is 13.3. The first kappa shape index (κ1) is 27.4. The highest BCUT2D eigenvalue weighted by Gasteiger charge is 2.46. The van der Waals surface area contributed by atoms with Gasteiger partial charge in [-0.05, 0) is 35.0 Å². The van der Waals surface area contributed by atoms with Gasteiger partial charge < -0.3 is 9.33 Å². The van der Waals surface area contributed by atoms with Gasteiger partial charge in [0.2, 0.25) is 0 Å². The third-order valence-corrected chi connectivity index (χ3v) is 12.3. The molecule has 0 aliphatic rings. The number of carbonyl (C=O) groups is 1. The highest BCUT2D eigenvalue weighted by molar-refractivity contribution is 6.77. The molecule has 3 nitrogen and oxygen atoms in total.